The third-order valence-corrected chi connectivity index (χ3v) is 7.48. The van der Waals surface area contributed by atoms with Gasteiger partial charge in [-0.05, 0) is 66.4 Å². The number of nitrogens with one attached hydrogen (secondary N) is 1. The number of nitriles is 1. The molecule has 1 heterocycles. The molecular weight excluding hydrogens is 446 g/mol. The number of amides is 1. The summed E-state index contributed by atoms with van der Waals surface area (Å²) >= 11 is 0. The van der Waals surface area contributed by atoms with Crippen LogP contribution in [0.25, 0.3) is 0 Å². The summed E-state index contributed by atoms with van der Waals surface area (Å²) in [6.07, 6.45) is 4.98. The van der Waals surface area contributed by atoms with Gasteiger partial charge in [0.25, 0.3) is 0 Å². The fourth-order valence-electron chi connectivity index (χ4n) is 5.36. The maximum Gasteiger partial charge on any atom is 0.227 e. The quantitative estimate of drug-likeness (QED) is 0.216. The van der Waals surface area contributed by atoms with Crippen molar-refractivity contribution in [3.05, 3.63) is 101 Å². The molecular formula is C31H31N3O2. The van der Waals surface area contributed by atoms with Crippen LogP contribution in [-0.2, 0) is 15.0 Å². The van der Waals surface area contributed by atoms with E-state index in [9.17, 15) is 14.9 Å². The van der Waals surface area contributed by atoms with Gasteiger partial charge in [-0.25, -0.2) is 0 Å². The molecule has 0 radical (unpaired) electrons. The minimum Gasteiger partial charge on any atom is -0.313 e. The number of unbranched alkanes of at least 4 members (excludes halogenated alkanes) is 1. The highest BCUT2D eigenvalue weighted by Gasteiger charge is 2.37. The fraction of sp³-hybridized carbons (Fsp3) is 0.290. The van der Waals surface area contributed by atoms with Crippen molar-refractivity contribution in [3.8, 4) is 6.07 Å². The number of carbonyl (C=O) groups is 2. The topological polar surface area (TPSA) is 85.0 Å². The Hall–Kier alpha value is -4.04. The van der Waals surface area contributed by atoms with Crippen molar-refractivity contribution < 1.29 is 9.59 Å². The van der Waals surface area contributed by atoms with E-state index in [1.807, 2.05) is 65.6 Å². The lowest BCUT2D eigenvalue weighted by atomic mass is 9.66. The highest BCUT2D eigenvalue weighted by atomic mass is 16.2. The van der Waals surface area contributed by atoms with Gasteiger partial charge in [-0.3, -0.25) is 4.79 Å². The van der Waals surface area contributed by atoms with Crippen molar-refractivity contribution in [3.63, 3.8) is 0 Å². The first kappa shape index (κ1) is 25.1. The Morgan fingerprint density at radius 1 is 1.11 bits per heavy atom. The molecule has 1 N–H and O–H groups in total. The summed E-state index contributed by atoms with van der Waals surface area (Å²) in [5.74, 6) is -0.156. The van der Waals surface area contributed by atoms with Crippen LogP contribution in [0.2, 0.25) is 0 Å². The predicted octanol–water partition coefficient (Wildman–Crippen LogP) is 6.14. The zero-order valence-corrected chi connectivity index (χ0v) is 20.6. The van der Waals surface area contributed by atoms with E-state index in [1.165, 1.54) is 11.8 Å². The second-order valence-electron chi connectivity index (χ2n) is 9.73. The molecule has 1 amide bonds. The normalized spacial score (nSPS) is 17.7. The lowest BCUT2D eigenvalue weighted by molar-refractivity contribution is -0.117. The largest absolute Gasteiger partial charge is 0.313 e. The third kappa shape index (κ3) is 5.13. The minimum atomic E-state index is -0.541. The van der Waals surface area contributed by atoms with Gasteiger partial charge >= 0.3 is 0 Å². The van der Waals surface area contributed by atoms with Crippen LogP contribution < -0.4 is 4.90 Å². The lowest BCUT2D eigenvalue weighted by Gasteiger charge is -2.36. The van der Waals surface area contributed by atoms with Crippen LogP contribution in [0.4, 0.5) is 5.69 Å². The van der Waals surface area contributed by atoms with Crippen LogP contribution in [0, 0.1) is 16.7 Å². The highest BCUT2D eigenvalue weighted by Crippen LogP contribution is 2.43. The molecule has 1 saturated heterocycles. The van der Waals surface area contributed by atoms with E-state index in [0.717, 1.165) is 29.5 Å². The average Bonchev–Trinajstić information content (AvgIpc) is 3.31. The van der Waals surface area contributed by atoms with Crippen LogP contribution in [0.1, 0.15) is 66.7 Å². The van der Waals surface area contributed by atoms with Crippen LogP contribution >= 0.6 is 0 Å². The maximum atomic E-state index is 12.8. The first-order valence-corrected chi connectivity index (χ1v) is 12.4. The Kier molecular flexibility index (Phi) is 7.75. The van der Waals surface area contributed by atoms with Crippen LogP contribution in [0.3, 0.4) is 0 Å². The summed E-state index contributed by atoms with van der Waals surface area (Å²) in [6.45, 7) is 2.70. The molecule has 0 aromatic heterocycles. The van der Waals surface area contributed by atoms with E-state index < -0.39 is 11.3 Å². The van der Waals surface area contributed by atoms with Gasteiger partial charge in [-0.1, -0.05) is 61.5 Å². The molecule has 4 rings (SSSR count). The second-order valence-corrected chi connectivity index (χ2v) is 9.73. The Morgan fingerprint density at radius 3 is 2.53 bits per heavy atom. The van der Waals surface area contributed by atoms with Crippen molar-refractivity contribution in [2.45, 2.75) is 49.9 Å². The molecule has 182 valence electrons. The number of aldehydes is 1. The van der Waals surface area contributed by atoms with Crippen molar-refractivity contribution in [2.75, 3.05) is 11.4 Å². The number of anilines is 1. The molecule has 1 fully saturated rings. The summed E-state index contributed by atoms with van der Waals surface area (Å²) in [5.41, 5.74) is 3.84. The molecule has 1 aliphatic heterocycles. The van der Waals surface area contributed by atoms with Gasteiger partial charge in [0.2, 0.25) is 5.91 Å². The Bertz CT molecular complexity index is 1260. The van der Waals surface area contributed by atoms with E-state index in [1.54, 1.807) is 6.07 Å². The number of carbonyl (C=O) groups excluding carboxylic acids is 2. The first-order valence-electron chi connectivity index (χ1n) is 12.4. The average molecular weight is 478 g/mol. The smallest absolute Gasteiger partial charge is 0.227 e. The van der Waals surface area contributed by atoms with Crippen LogP contribution in [0.15, 0.2) is 78.9 Å². The van der Waals surface area contributed by atoms with E-state index >= 15 is 0 Å². The molecule has 3 aromatic rings. The molecule has 1 aliphatic rings. The third-order valence-electron chi connectivity index (χ3n) is 7.48. The van der Waals surface area contributed by atoms with E-state index in [-0.39, 0.29) is 11.8 Å². The molecule has 5 nitrogen and oxygen atoms in total. The fourth-order valence-corrected chi connectivity index (χ4v) is 5.36. The second kappa shape index (κ2) is 11.1. The Labute approximate surface area is 212 Å². The summed E-state index contributed by atoms with van der Waals surface area (Å²) in [7, 11) is 0. The minimum absolute atomic E-state index is 0.105. The van der Waals surface area contributed by atoms with Crippen LogP contribution in [-0.4, -0.2) is 25.0 Å². The number of hydrogen-bond donors (Lipinski definition) is 1. The van der Waals surface area contributed by atoms with E-state index in [4.69, 9.17) is 5.41 Å². The summed E-state index contributed by atoms with van der Waals surface area (Å²) in [6, 6.07) is 27.5. The maximum absolute atomic E-state index is 12.8. The molecule has 3 atom stereocenters. The van der Waals surface area contributed by atoms with Gasteiger partial charge in [0.15, 0.2) is 0 Å². The number of hydrogen-bond acceptors (Lipinski definition) is 4. The molecule has 0 bridgehead atoms. The molecule has 0 spiro atoms. The lowest BCUT2D eigenvalue weighted by Crippen LogP contribution is -2.32. The van der Waals surface area contributed by atoms with Crippen molar-refractivity contribution in [2.24, 2.45) is 0 Å². The number of rotatable bonds is 10. The first-order chi connectivity index (χ1) is 17.5. The Balaban J connectivity index is 1.61. The number of nitrogens with zero attached hydrogens (tertiary/aromatic N) is 2. The summed E-state index contributed by atoms with van der Waals surface area (Å²) < 4.78 is 0. The van der Waals surface area contributed by atoms with Crippen molar-refractivity contribution in [1.29, 1.82) is 10.7 Å². The van der Waals surface area contributed by atoms with Gasteiger partial charge in [0.05, 0.1) is 11.6 Å². The molecule has 36 heavy (non-hydrogen) atoms. The van der Waals surface area contributed by atoms with Crippen molar-refractivity contribution in [1.82, 2.24) is 0 Å². The van der Waals surface area contributed by atoms with Crippen molar-refractivity contribution >= 4 is 24.1 Å². The predicted molar refractivity (Wildman–Crippen MR) is 143 cm³/mol. The van der Waals surface area contributed by atoms with Crippen LogP contribution in [0.5, 0.6) is 0 Å². The van der Waals surface area contributed by atoms with E-state index in [2.05, 4.69) is 25.1 Å². The SMILES string of the molecule is C[C@@](CCCC=N)(c1cccc(C#N)c1)[C@H](C=O)c1ccc(N2CC(c3ccccc3)CC2=O)cc1. The van der Waals surface area contributed by atoms with Gasteiger partial charge in [-0.2, -0.15) is 5.26 Å². The monoisotopic (exact) mass is 477 g/mol. The summed E-state index contributed by atoms with van der Waals surface area (Å²) in [4.78, 5) is 27.2. The Morgan fingerprint density at radius 2 is 1.86 bits per heavy atom. The molecule has 5 heteroatoms. The summed E-state index contributed by atoms with van der Waals surface area (Å²) in [5, 5.41) is 16.8. The van der Waals surface area contributed by atoms with E-state index in [0.29, 0.717) is 31.4 Å². The van der Waals surface area contributed by atoms with Gasteiger partial charge in [0, 0.05) is 35.9 Å². The zero-order chi connectivity index (χ0) is 25.5. The molecule has 0 saturated carbocycles. The van der Waals surface area contributed by atoms with Gasteiger partial charge < -0.3 is 15.1 Å². The molecule has 3 aromatic carbocycles. The van der Waals surface area contributed by atoms with Gasteiger partial charge in [0.1, 0.15) is 6.29 Å². The molecule has 1 unspecified atom stereocenters. The number of benzene rings is 3. The van der Waals surface area contributed by atoms with Gasteiger partial charge in [-0.15, -0.1) is 0 Å². The molecule has 0 aliphatic carbocycles. The zero-order valence-electron chi connectivity index (χ0n) is 20.6. The highest BCUT2D eigenvalue weighted by molar-refractivity contribution is 5.96. The standard InChI is InChI=1S/C31H31N3O2/c1-31(16-5-6-17-32,27-11-7-8-23(18-27)20-33)29(22-35)25-12-14-28(15-13-25)34-21-26(19-30(34)36)24-9-3-2-4-10-24/h2-4,7-15,17-18,22,26,29,32H,5-6,16,19,21H2,1H3/t26?,29-,31-/m1/s1.